The van der Waals surface area contributed by atoms with Gasteiger partial charge >= 0.3 is 0 Å². The monoisotopic (exact) mass is 312 g/mol. The van der Waals surface area contributed by atoms with E-state index in [9.17, 15) is 4.39 Å². The van der Waals surface area contributed by atoms with Crippen molar-refractivity contribution in [3.8, 4) is 0 Å². The molecule has 4 heteroatoms. The molecule has 0 nitrogen and oxygen atoms in total. The van der Waals surface area contributed by atoms with Gasteiger partial charge in [0.15, 0.2) is 0 Å². The highest BCUT2D eigenvalue weighted by molar-refractivity contribution is 9.28. The minimum absolute atomic E-state index is 0.334. The Kier molecular flexibility index (Phi) is 3.75. The molecular formula is C8H4Br2ClF. The summed E-state index contributed by atoms with van der Waals surface area (Å²) in [6, 6.07) is 4.52. The fourth-order valence-corrected chi connectivity index (χ4v) is 1.39. The first-order chi connectivity index (χ1) is 5.59. The van der Waals surface area contributed by atoms with Crippen LogP contribution >= 0.6 is 43.5 Å². The van der Waals surface area contributed by atoms with Crippen molar-refractivity contribution in [1.29, 1.82) is 0 Å². The fourth-order valence-electron chi connectivity index (χ4n) is 0.736. The first-order valence-electron chi connectivity index (χ1n) is 3.07. The lowest BCUT2D eigenvalue weighted by Crippen LogP contribution is -1.80. The predicted octanol–water partition coefficient (Wildman–Crippen LogP) is 4.57. The van der Waals surface area contributed by atoms with E-state index in [4.69, 9.17) is 11.6 Å². The highest BCUT2D eigenvalue weighted by Crippen LogP contribution is 2.21. The zero-order valence-electron chi connectivity index (χ0n) is 5.82. The Morgan fingerprint density at radius 1 is 1.42 bits per heavy atom. The van der Waals surface area contributed by atoms with Crippen LogP contribution in [0.3, 0.4) is 0 Å². The maximum Gasteiger partial charge on any atom is 0.131 e. The Balaban J connectivity index is 3.10. The molecule has 1 aromatic rings. The lowest BCUT2D eigenvalue weighted by molar-refractivity contribution is 0.625. The van der Waals surface area contributed by atoms with Crippen LogP contribution in [0.1, 0.15) is 5.56 Å². The van der Waals surface area contributed by atoms with Gasteiger partial charge in [-0.3, -0.25) is 0 Å². The average molecular weight is 314 g/mol. The van der Waals surface area contributed by atoms with Gasteiger partial charge in [-0.2, -0.15) is 0 Å². The van der Waals surface area contributed by atoms with Gasteiger partial charge in [0.2, 0.25) is 0 Å². The molecule has 0 aliphatic rings. The van der Waals surface area contributed by atoms with Gasteiger partial charge in [0.25, 0.3) is 0 Å². The summed E-state index contributed by atoms with van der Waals surface area (Å²) in [7, 11) is 0. The molecule has 64 valence electrons. The standard InChI is InChI=1S/C8H4Br2ClF/c9-8(10)3-5-1-2-6(11)4-7(5)12/h1-4H. The van der Waals surface area contributed by atoms with E-state index in [1.54, 1.807) is 18.2 Å². The molecule has 12 heavy (non-hydrogen) atoms. The van der Waals surface area contributed by atoms with Crippen LogP contribution in [-0.4, -0.2) is 0 Å². The van der Waals surface area contributed by atoms with Crippen LogP contribution in [0.15, 0.2) is 21.6 Å². The third kappa shape index (κ3) is 2.88. The Morgan fingerprint density at radius 3 is 2.58 bits per heavy atom. The minimum Gasteiger partial charge on any atom is -0.206 e. The van der Waals surface area contributed by atoms with Gasteiger partial charge in [-0.1, -0.05) is 17.7 Å². The number of halogens is 4. The Bertz CT molecular complexity index is 319. The second-order valence-corrected chi connectivity index (χ2v) is 5.31. The zero-order valence-corrected chi connectivity index (χ0v) is 9.75. The van der Waals surface area contributed by atoms with Crippen molar-refractivity contribution in [2.24, 2.45) is 0 Å². The summed E-state index contributed by atoms with van der Waals surface area (Å²) >= 11 is 11.9. The van der Waals surface area contributed by atoms with Crippen LogP contribution in [0.5, 0.6) is 0 Å². The SMILES string of the molecule is Fc1cc(Cl)ccc1C=C(Br)Br. The lowest BCUT2D eigenvalue weighted by atomic mass is 10.2. The van der Waals surface area contributed by atoms with Crippen LogP contribution < -0.4 is 0 Å². The largest absolute Gasteiger partial charge is 0.206 e. The van der Waals surface area contributed by atoms with E-state index >= 15 is 0 Å². The van der Waals surface area contributed by atoms with E-state index in [1.165, 1.54) is 6.07 Å². The predicted molar refractivity (Wildman–Crippen MR) is 57.2 cm³/mol. The van der Waals surface area contributed by atoms with E-state index in [0.717, 1.165) is 0 Å². The first-order valence-corrected chi connectivity index (χ1v) is 5.04. The molecule has 0 N–H and O–H groups in total. The highest BCUT2D eigenvalue weighted by Gasteiger charge is 1.99. The fraction of sp³-hybridized carbons (Fsp3) is 0. The van der Waals surface area contributed by atoms with Crippen LogP contribution in [0.4, 0.5) is 4.39 Å². The van der Waals surface area contributed by atoms with Gasteiger partial charge in [0.05, 0.1) is 3.39 Å². The molecule has 0 saturated carbocycles. The third-order valence-electron chi connectivity index (χ3n) is 1.23. The summed E-state index contributed by atoms with van der Waals surface area (Å²) in [5, 5.41) is 0.398. The molecule has 0 spiro atoms. The Morgan fingerprint density at radius 2 is 2.08 bits per heavy atom. The Hall–Kier alpha value is 0.140. The number of hydrogen-bond donors (Lipinski definition) is 0. The summed E-state index contributed by atoms with van der Waals surface area (Å²) in [6.07, 6.45) is 1.62. The van der Waals surface area contributed by atoms with Gasteiger partial charge in [0.1, 0.15) is 5.82 Å². The van der Waals surface area contributed by atoms with Crippen molar-refractivity contribution in [3.63, 3.8) is 0 Å². The van der Waals surface area contributed by atoms with E-state index in [-0.39, 0.29) is 5.82 Å². The van der Waals surface area contributed by atoms with Gasteiger partial charge in [-0.25, -0.2) is 4.39 Å². The van der Waals surface area contributed by atoms with Crippen LogP contribution in [0.25, 0.3) is 6.08 Å². The number of rotatable bonds is 1. The van der Waals surface area contributed by atoms with E-state index in [1.807, 2.05) is 0 Å². The minimum atomic E-state index is -0.334. The summed E-state index contributed by atoms with van der Waals surface area (Å²) < 4.78 is 13.7. The molecule has 0 aliphatic carbocycles. The van der Waals surface area contributed by atoms with Crippen molar-refractivity contribution in [2.75, 3.05) is 0 Å². The third-order valence-corrected chi connectivity index (χ3v) is 1.92. The second kappa shape index (κ2) is 4.40. The zero-order chi connectivity index (χ0) is 9.14. The summed E-state index contributed by atoms with van der Waals surface area (Å²) in [4.78, 5) is 0. The maximum atomic E-state index is 13.0. The molecule has 0 fully saturated rings. The van der Waals surface area contributed by atoms with Gasteiger partial charge < -0.3 is 0 Å². The number of benzene rings is 1. The van der Waals surface area contributed by atoms with Crippen LogP contribution in [0, 0.1) is 5.82 Å². The maximum absolute atomic E-state index is 13.0. The van der Waals surface area contributed by atoms with Crippen LogP contribution in [-0.2, 0) is 0 Å². The topological polar surface area (TPSA) is 0 Å². The van der Waals surface area contributed by atoms with Crippen molar-refractivity contribution in [3.05, 3.63) is 38.0 Å². The molecule has 0 radical (unpaired) electrons. The van der Waals surface area contributed by atoms with Crippen molar-refractivity contribution in [1.82, 2.24) is 0 Å². The van der Waals surface area contributed by atoms with E-state index in [0.29, 0.717) is 14.0 Å². The molecule has 1 rings (SSSR count). The van der Waals surface area contributed by atoms with Crippen molar-refractivity contribution >= 4 is 49.5 Å². The lowest BCUT2D eigenvalue weighted by Gasteiger charge is -1.96. The van der Waals surface area contributed by atoms with Crippen molar-refractivity contribution < 1.29 is 4.39 Å². The number of hydrogen-bond acceptors (Lipinski definition) is 0. The molecular weight excluding hydrogens is 310 g/mol. The molecule has 1 aromatic carbocycles. The quantitative estimate of drug-likeness (QED) is 0.712. The smallest absolute Gasteiger partial charge is 0.131 e. The van der Waals surface area contributed by atoms with Gasteiger partial charge in [0, 0.05) is 10.6 Å². The molecule has 0 saturated heterocycles. The molecule has 0 amide bonds. The Labute approximate surface area is 91.7 Å². The molecule has 0 aliphatic heterocycles. The first kappa shape index (κ1) is 10.2. The summed E-state index contributed by atoms with van der Waals surface area (Å²) in [5.74, 6) is -0.334. The summed E-state index contributed by atoms with van der Waals surface area (Å²) in [6.45, 7) is 0. The molecule has 0 unspecified atom stereocenters. The van der Waals surface area contributed by atoms with E-state index in [2.05, 4.69) is 31.9 Å². The molecule has 0 bridgehead atoms. The van der Waals surface area contributed by atoms with Crippen LogP contribution in [0.2, 0.25) is 5.02 Å². The average Bonchev–Trinajstić information content (AvgIpc) is 1.94. The van der Waals surface area contributed by atoms with Gasteiger partial charge in [-0.05, 0) is 50.1 Å². The highest BCUT2D eigenvalue weighted by atomic mass is 79.9. The van der Waals surface area contributed by atoms with E-state index < -0.39 is 0 Å². The summed E-state index contributed by atoms with van der Waals surface area (Å²) in [5.41, 5.74) is 0.489. The molecule has 0 atom stereocenters. The molecule has 0 aromatic heterocycles. The normalized spacial score (nSPS) is 9.67. The second-order valence-electron chi connectivity index (χ2n) is 2.10. The van der Waals surface area contributed by atoms with Crippen molar-refractivity contribution in [2.45, 2.75) is 0 Å². The molecule has 0 heterocycles. The van der Waals surface area contributed by atoms with Gasteiger partial charge in [-0.15, -0.1) is 0 Å².